The van der Waals surface area contributed by atoms with E-state index in [1.807, 2.05) is 29.8 Å². The first-order chi connectivity index (χ1) is 9.87. The zero-order valence-electron chi connectivity index (χ0n) is 11.6. The van der Waals surface area contributed by atoms with Gasteiger partial charge >= 0.3 is 0 Å². The van der Waals surface area contributed by atoms with Crippen molar-refractivity contribution < 1.29 is 13.6 Å². The summed E-state index contributed by atoms with van der Waals surface area (Å²) in [5.74, 6) is -3.10. The largest absolute Gasteiger partial charge is 0.350 e. The van der Waals surface area contributed by atoms with Gasteiger partial charge in [0.05, 0.1) is 12.1 Å². The van der Waals surface area contributed by atoms with E-state index in [9.17, 15) is 13.6 Å². The number of hydrogen-bond donors (Lipinski definition) is 0. The summed E-state index contributed by atoms with van der Waals surface area (Å²) in [6.45, 7) is -0.102. The van der Waals surface area contributed by atoms with Gasteiger partial charge < -0.3 is 9.47 Å². The Morgan fingerprint density at radius 3 is 2.86 bits per heavy atom. The standard InChI is InChI=1S/C15H15BrF2N2O/c1-19-8-12(11-7-10(16)3-4-13(11)19)14(21)20-6-2-5-15(17,18)9-20/h3-4,7-8H,2,5-6,9H2,1H3. The molecule has 2 heterocycles. The fourth-order valence-electron chi connectivity index (χ4n) is 2.84. The molecule has 6 heteroatoms. The first-order valence-corrected chi connectivity index (χ1v) is 7.58. The molecule has 1 saturated heterocycles. The minimum absolute atomic E-state index is 0.141. The summed E-state index contributed by atoms with van der Waals surface area (Å²) in [6.07, 6.45) is 1.91. The van der Waals surface area contributed by atoms with Crippen molar-refractivity contribution in [2.75, 3.05) is 13.1 Å². The second-order valence-electron chi connectivity index (χ2n) is 5.50. The number of nitrogens with zero attached hydrogens (tertiary/aromatic N) is 2. The molecule has 21 heavy (non-hydrogen) atoms. The predicted octanol–water partition coefficient (Wildman–Crippen LogP) is 3.81. The summed E-state index contributed by atoms with van der Waals surface area (Å²) < 4.78 is 29.7. The van der Waals surface area contributed by atoms with Crippen LogP contribution in [0.2, 0.25) is 0 Å². The Morgan fingerprint density at radius 2 is 2.14 bits per heavy atom. The van der Waals surface area contributed by atoms with E-state index in [1.165, 1.54) is 4.90 Å². The molecular weight excluding hydrogens is 342 g/mol. The molecule has 1 aromatic carbocycles. The molecule has 0 aliphatic carbocycles. The number of alkyl halides is 2. The van der Waals surface area contributed by atoms with Crippen molar-refractivity contribution >= 4 is 32.7 Å². The lowest BCUT2D eigenvalue weighted by atomic mass is 10.1. The Kier molecular flexibility index (Phi) is 3.51. The molecule has 0 bridgehead atoms. The number of hydrogen-bond acceptors (Lipinski definition) is 1. The van der Waals surface area contributed by atoms with Gasteiger partial charge in [-0.3, -0.25) is 4.79 Å². The van der Waals surface area contributed by atoms with Crippen molar-refractivity contribution in [3.63, 3.8) is 0 Å². The van der Waals surface area contributed by atoms with Crippen LogP contribution in [0.1, 0.15) is 23.2 Å². The van der Waals surface area contributed by atoms with E-state index in [0.717, 1.165) is 15.4 Å². The third kappa shape index (κ3) is 2.69. The lowest BCUT2D eigenvalue weighted by Gasteiger charge is -2.32. The number of benzene rings is 1. The summed E-state index contributed by atoms with van der Waals surface area (Å²) in [6, 6.07) is 5.65. The van der Waals surface area contributed by atoms with Crippen LogP contribution in [0.3, 0.4) is 0 Å². The van der Waals surface area contributed by atoms with Gasteiger partial charge in [0.25, 0.3) is 11.8 Å². The van der Waals surface area contributed by atoms with Crippen LogP contribution in [0.4, 0.5) is 8.78 Å². The Morgan fingerprint density at radius 1 is 1.38 bits per heavy atom. The zero-order valence-corrected chi connectivity index (χ0v) is 13.2. The summed E-state index contributed by atoms with van der Waals surface area (Å²) in [5.41, 5.74) is 1.39. The molecule has 0 radical (unpaired) electrons. The van der Waals surface area contributed by atoms with Gasteiger partial charge in [0.15, 0.2) is 0 Å². The highest BCUT2D eigenvalue weighted by molar-refractivity contribution is 9.10. The third-order valence-electron chi connectivity index (χ3n) is 3.86. The second-order valence-corrected chi connectivity index (χ2v) is 6.42. The maximum atomic E-state index is 13.5. The minimum atomic E-state index is -2.78. The topological polar surface area (TPSA) is 25.2 Å². The van der Waals surface area contributed by atoms with Gasteiger partial charge in [-0.25, -0.2) is 8.78 Å². The monoisotopic (exact) mass is 356 g/mol. The molecule has 1 aliphatic heterocycles. The molecule has 1 aliphatic rings. The maximum absolute atomic E-state index is 13.5. The van der Waals surface area contributed by atoms with Crippen molar-refractivity contribution in [3.05, 3.63) is 34.4 Å². The van der Waals surface area contributed by atoms with Crippen LogP contribution >= 0.6 is 15.9 Å². The van der Waals surface area contributed by atoms with Crippen molar-refractivity contribution in [2.24, 2.45) is 7.05 Å². The Labute approximate surface area is 129 Å². The van der Waals surface area contributed by atoms with E-state index in [-0.39, 0.29) is 12.3 Å². The molecule has 3 rings (SSSR count). The average molecular weight is 357 g/mol. The molecule has 2 aromatic rings. The molecule has 1 fully saturated rings. The Balaban J connectivity index is 2.00. The van der Waals surface area contributed by atoms with Crippen LogP contribution in [0.5, 0.6) is 0 Å². The molecular formula is C15H15BrF2N2O. The van der Waals surface area contributed by atoms with E-state index in [1.54, 1.807) is 6.20 Å². The van der Waals surface area contributed by atoms with Gasteiger partial charge in [-0.1, -0.05) is 15.9 Å². The summed E-state index contributed by atoms with van der Waals surface area (Å²) >= 11 is 3.38. The number of aryl methyl sites for hydroxylation is 1. The number of carbonyl (C=O) groups is 1. The number of halogens is 3. The second kappa shape index (κ2) is 5.09. The van der Waals surface area contributed by atoms with Crippen LogP contribution < -0.4 is 0 Å². The summed E-state index contributed by atoms with van der Waals surface area (Å²) in [5, 5.41) is 0.783. The van der Waals surface area contributed by atoms with Gasteiger partial charge in [0, 0.05) is 41.6 Å². The third-order valence-corrected chi connectivity index (χ3v) is 4.36. The predicted molar refractivity (Wildman–Crippen MR) is 80.7 cm³/mol. The molecule has 3 nitrogen and oxygen atoms in total. The first kappa shape index (κ1) is 14.5. The zero-order chi connectivity index (χ0) is 15.2. The number of amides is 1. The van der Waals surface area contributed by atoms with Crippen molar-refractivity contribution in [1.82, 2.24) is 9.47 Å². The fraction of sp³-hybridized carbons (Fsp3) is 0.400. The molecule has 1 amide bonds. The van der Waals surface area contributed by atoms with E-state index in [4.69, 9.17) is 0 Å². The Bertz CT molecular complexity index is 711. The van der Waals surface area contributed by atoms with E-state index >= 15 is 0 Å². The quantitative estimate of drug-likeness (QED) is 0.762. The molecule has 112 valence electrons. The highest BCUT2D eigenvalue weighted by atomic mass is 79.9. The van der Waals surface area contributed by atoms with Crippen LogP contribution in [-0.4, -0.2) is 34.4 Å². The summed E-state index contributed by atoms with van der Waals surface area (Å²) in [7, 11) is 1.85. The van der Waals surface area contributed by atoms with Gasteiger partial charge in [0.2, 0.25) is 0 Å². The molecule has 0 unspecified atom stereocenters. The molecule has 0 N–H and O–H groups in total. The van der Waals surface area contributed by atoms with Gasteiger partial charge in [-0.2, -0.15) is 0 Å². The summed E-state index contributed by atoms with van der Waals surface area (Å²) in [4.78, 5) is 13.9. The van der Waals surface area contributed by atoms with E-state index in [0.29, 0.717) is 18.5 Å². The number of rotatable bonds is 1. The van der Waals surface area contributed by atoms with Crippen LogP contribution in [-0.2, 0) is 7.05 Å². The molecule has 0 atom stereocenters. The molecule has 1 aromatic heterocycles. The van der Waals surface area contributed by atoms with Crippen molar-refractivity contribution in [2.45, 2.75) is 18.8 Å². The normalized spacial score (nSPS) is 18.2. The first-order valence-electron chi connectivity index (χ1n) is 6.79. The van der Waals surface area contributed by atoms with Gasteiger partial charge in [-0.15, -0.1) is 0 Å². The highest BCUT2D eigenvalue weighted by Crippen LogP contribution is 2.30. The molecule has 0 saturated carbocycles. The molecule has 0 spiro atoms. The fourth-order valence-corrected chi connectivity index (χ4v) is 3.21. The van der Waals surface area contributed by atoms with E-state index in [2.05, 4.69) is 15.9 Å². The lowest BCUT2D eigenvalue weighted by Crippen LogP contribution is -2.45. The van der Waals surface area contributed by atoms with Crippen LogP contribution in [0.15, 0.2) is 28.9 Å². The van der Waals surface area contributed by atoms with Crippen LogP contribution in [0, 0.1) is 0 Å². The smallest absolute Gasteiger partial charge is 0.265 e. The maximum Gasteiger partial charge on any atom is 0.265 e. The van der Waals surface area contributed by atoms with E-state index < -0.39 is 12.5 Å². The van der Waals surface area contributed by atoms with Gasteiger partial charge in [0.1, 0.15) is 0 Å². The van der Waals surface area contributed by atoms with Crippen LogP contribution in [0.25, 0.3) is 10.9 Å². The number of fused-ring (bicyclic) bond motifs is 1. The number of carbonyl (C=O) groups excluding carboxylic acids is 1. The SMILES string of the molecule is Cn1cc(C(=O)N2CCCC(F)(F)C2)c2cc(Br)ccc21. The highest BCUT2D eigenvalue weighted by Gasteiger charge is 2.37. The number of aromatic nitrogens is 1. The minimum Gasteiger partial charge on any atom is -0.350 e. The lowest BCUT2D eigenvalue weighted by molar-refractivity contribution is -0.0560. The van der Waals surface area contributed by atoms with Gasteiger partial charge in [-0.05, 0) is 24.6 Å². The van der Waals surface area contributed by atoms with Crippen molar-refractivity contribution in [1.29, 1.82) is 0 Å². The van der Waals surface area contributed by atoms with Crippen molar-refractivity contribution in [3.8, 4) is 0 Å². The number of piperidine rings is 1. The number of likely N-dealkylation sites (tertiary alicyclic amines) is 1. The Hall–Kier alpha value is -1.43. The average Bonchev–Trinajstić information content (AvgIpc) is 2.73.